The molecule has 3 aliphatic heterocycles. The quantitative estimate of drug-likeness (QED) is 0.171. The highest BCUT2D eigenvalue weighted by Gasteiger charge is 2.75. The zero-order chi connectivity index (χ0) is 40.4. The van der Waals surface area contributed by atoms with Gasteiger partial charge in [0, 0.05) is 60.4 Å². The number of anilines is 2. The highest BCUT2D eigenvalue weighted by atomic mass is 32.2. The van der Waals surface area contributed by atoms with Crippen LogP contribution in [0.4, 0.5) is 42.5 Å². The van der Waals surface area contributed by atoms with Gasteiger partial charge in [0.15, 0.2) is 5.82 Å². The third-order valence-corrected chi connectivity index (χ3v) is 11.6. The van der Waals surface area contributed by atoms with Crippen LogP contribution in [0.15, 0.2) is 59.0 Å². The Kier molecular flexibility index (Phi) is 8.31. The van der Waals surface area contributed by atoms with E-state index in [-0.39, 0.29) is 46.8 Å². The molecule has 1 unspecified atom stereocenters. The lowest BCUT2D eigenvalue weighted by Crippen LogP contribution is -2.66. The fourth-order valence-corrected chi connectivity index (χ4v) is 9.11. The number of rotatable bonds is 10. The monoisotopic (exact) mass is 820 g/mol. The molecule has 3 fully saturated rings. The number of halogens is 7. The summed E-state index contributed by atoms with van der Waals surface area (Å²) in [6.45, 7) is 1.15. The number of azo groups is 2. The summed E-state index contributed by atoms with van der Waals surface area (Å²) in [5.74, 6) is -8.55. The van der Waals surface area contributed by atoms with Gasteiger partial charge in [0.25, 0.3) is 18.1 Å². The van der Waals surface area contributed by atoms with Gasteiger partial charge in [-0.05, 0) is 47.6 Å². The van der Waals surface area contributed by atoms with Crippen molar-refractivity contribution < 1.29 is 53.4 Å². The number of allylic oxidation sites excluding steroid dienone is 1. The molecule has 4 atom stereocenters. The number of carbonyl (C=O) groups is 1. The number of sulfonamides is 1. The summed E-state index contributed by atoms with van der Waals surface area (Å²) in [5, 5.41) is 11.0. The number of nitrogens with zero attached hydrogens (tertiary/aromatic N) is 7. The van der Waals surface area contributed by atoms with Gasteiger partial charge in [-0.2, -0.15) is 27.1 Å². The van der Waals surface area contributed by atoms with Gasteiger partial charge in [0.2, 0.25) is 22.0 Å². The van der Waals surface area contributed by atoms with Crippen molar-refractivity contribution in [2.45, 2.75) is 37.0 Å². The van der Waals surface area contributed by atoms with Gasteiger partial charge in [-0.15, -0.1) is 0 Å². The van der Waals surface area contributed by atoms with E-state index in [1.54, 1.807) is 25.2 Å². The Hall–Kier alpha value is -5.18. The van der Waals surface area contributed by atoms with Crippen molar-refractivity contribution in [2.24, 2.45) is 29.4 Å². The SMILES string of the molecule is Cn1nc(NS(C)(=O)=O)c2cccc(-c3cnc(N4CC5(COC5)C4)nc3[C@H](Cc3cc(F)cc(F)c3)NC(=O)C[N+]3=NC(C(F)(F)F)C4=C3C(F)(F)[C@@H]3C[C@H]43)c21. The van der Waals surface area contributed by atoms with E-state index in [2.05, 4.69) is 25.2 Å². The molecule has 0 radical (unpaired) electrons. The lowest BCUT2D eigenvalue weighted by molar-refractivity contribution is -0.549. The molecule has 5 heterocycles. The van der Waals surface area contributed by atoms with Crippen LogP contribution in [-0.2, 0) is 33.0 Å². The Morgan fingerprint density at radius 3 is 2.47 bits per heavy atom. The van der Waals surface area contributed by atoms with E-state index in [0.29, 0.717) is 53.5 Å². The molecular formula is C36H33F7N9O4S+. The summed E-state index contributed by atoms with van der Waals surface area (Å²) in [6, 6.07) is 3.85. The van der Waals surface area contributed by atoms with Crippen LogP contribution in [0.2, 0.25) is 0 Å². The van der Waals surface area contributed by atoms with Gasteiger partial charge in [0.1, 0.15) is 11.6 Å². The molecule has 0 bridgehead atoms. The average molecular weight is 821 g/mol. The predicted molar refractivity (Wildman–Crippen MR) is 188 cm³/mol. The lowest BCUT2D eigenvalue weighted by Gasteiger charge is -2.54. The molecule has 4 aromatic rings. The summed E-state index contributed by atoms with van der Waals surface area (Å²) >= 11 is 0. The van der Waals surface area contributed by atoms with Gasteiger partial charge in [0.05, 0.1) is 42.1 Å². The fraction of sp³-hybridized carbons (Fsp3) is 0.444. The first kappa shape index (κ1) is 37.4. The second-order valence-electron chi connectivity index (χ2n) is 15.5. The van der Waals surface area contributed by atoms with Crippen LogP contribution in [-0.4, -0.2) is 96.0 Å². The van der Waals surface area contributed by atoms with E-state index in [1.807, 2.05) is 4.90 Å². The van der Waals surface area contributed by atoms with Crippen molar-refractivity contribution in [3.05, 3.63) is 76.8 Å². The smallest absolute Gasteiger partial charge is 0.380 e. The Balaban J connectivity index is 1.14. The molecule has 1 saturated carbocycles. The van der Waals surface area contributed by atoms with Crippen LogP contribution in [0.5, 0.6) is 0 Å². The summed E-state index contributed by atoms with van der Waals surface area (Å²) in [4.78, 5) is 25.3. The van der Waals surface area contributed by atoms with Crippen LogP contribution in [0, 0.1) is 28.9 Å². The topological polar surface area (TPSA) is 147 Å². The van der Waals surface area contributed by atoms with E-state index >= 15 is 8.78 Å². The standard InChI is InChI=1S/C36H32F7N9O4S/c1-50-29-20(4-3-5-21(29)32(48-50)49-57(2,54)55)23-11-44-33(51-13-34(14-51)15-56-16-34)46-28(23)25(8-17-6-18(37)9-19(38)7-17)45-26(53)12-52-31-27(30(47-52)36(41,42)43)22-10-24(22)35(31,39)40/h3-7,9,11,22,24-25,30H,8,10,12-16H2,1-2H3,(H-,45,48,49,53)/p+1/t22-,24+,25-,30?/m0/s1. The average Bonchev–Trinajstić information content (AvgIpc) is 3.62. The van der Waals surface area contributed by atoms with Crippen molar-refractivity contribution in [3.8, 4) is 11.1 Å². The molecule has 13 nitrogen and oxygen atoms in total. The maximum atomic E-state index is 15.4. The third kappa shape index (κ3) is 6.47. The van der Waals surface area contributed by atoms with E-state index in [1.165, 1.54) is 10.9 Å². The molecule has 2 aromatic heterocycles. The molecule has 300 valence electrons. The second-order valence-corrected chi connectivity index (χ2v) is 17.2. The predicted octanol–water partition coefficient (Wildman–Crippen LogP) is 4.86. The third-order valence-electron chi connectivity index (χ3n) is 11.1. The normalized spacial score (nSPS) is 23.5. The molecule has 2 saturated heterocycles. The molecule has 1 amide bonds. The summed E-state index contributed by atoms with van der Waals surface area (Å²) < 4.78 is 136. The number of fused-ring (bicyclic) bond motifs is 3. The molecule has 9 rings (SSSR count). The second kappa shape index (κ2) is 12.7. The zero-order valence-electron chi connectivity index (χ0n) is 30.1. The minimum absolute atomic E-state index is 0.0196. The first-order valence-electron chi connectivity index (χ1n) is 17.9. The molecule has 21 heteroatoms. The first-order chi connectivity index (χ1) is 26.8. The molecule has 2 aromatic carbocycles. The highest BCUT2D eigenvalue weighted by Crippen LogP contribution is 2.66. The van der Waals surface area contributed by atoms with E-state index in [4.69, 9.17) is 9.72 Å². The van der Waals surface area contributed by atoms with Gasteiger partial charge in [-0.3, -0.25) is 14.2 Å². The van der Waals surface area contributed by atoms with Crippen LogP contribution in [0.3, 0.4) is 0 Å². The van der Waals surface area contributed by atoms with Gasteiger partial charge in [-0.25, -0.2) is 27.2 Å². The molecule has 2 aliphatic carbocycles. The van der Waals surface area contributed by atoms with Gasteiger partial charge < -0.3 is 15.0 Å². The zero-order valence-corrected chi connectivity index (χ0v) is 30.9. The summed E-state index contributed by atoms with van der Waals surface area (Å²) in [7, 11) is -2.19. The number of aryl methyl sites for hydroxylation is 1. The van der Waals surface area contributed by atoms with E-state index in [0.717, 1.165) is 18.4 Å². The largest absolute Gasteiger partial charge is 0.420 e. The number of hydrogen-bond acceptors (Lipinski definition) is 9. The molecule has 2 N–H and O–H groups in total. The number of nitrogens with one attached hydrogen (secondary N) is 2. The number of para-hydroxylation sites is 1. The van der Waals surface area contributed by atoms with Crippen molar-refractivity contribution in [3.63, 3.8) is 0 Å². The minimum Gasteiger partial charge on any atom is -0.380 e. The van der Waals surface area contributed by atoms with Crippen molar-refractivity contribution in [1.82, 2.24) is 25.1 Å². The van der Waals surface area contributed by atoms with Crippen LogP contribution < -0.4 is 14.9 Å². The number of aromatic nitrogens is 4. The number of benzene rings is 2. The summed E-state index contributed by atoms with van der Waals surface area (Å²) in [6.07, 6.45) is -2.96. The number of hydrogen-bond donors (Lipinski definition) is 2. The number of ether oxygens (including phenoxy) is 1. The van der Waals surface area contributed by atoms with Crippen LogP contribution in [0.25, 0.3) is 22.0 Å². The number of amides is 1. The van der Waals surface area contributed by atoms with E-state index in [9.17, 15) is 35.2 Å². The fourth-order valence-electron chi connectivity index (χ4n) is 8.61. The number of alkyl halides is 5. The Bertz CT molecular complexity index is 2530. The van der Waals surface area contributed by atoms with Crippen molar-refractivity contribution in [1.29, 1.82) is 0 Å². The Morgan fingerprint density at radius 1 is 1.11 bits per heavy atom. The summed E-state index contributed by atoms with van der Waals surface area (Å²) in [5.41, 5.74) is -0.277. The lowest BCUT2D eigenvalue weighted by atomic mass is 9.78. The molecule has 5 aliphatic rings. The molecule has 1 spiro atoms. The maximum absolute atomic E-state index is 15.4. The van der Waals surface area contributed by atoms with Gasteiger partial charge >= 0.3 is 12.1 Å². The molecular weight excluding hydrogens is 788 g/mol. The first-order valence-corrected chi connectivity index (χ1v) is 19.7. The Labute approximate surface area is 319 Å². The van der Waals surface area contributed by atoms with Crippen LogP contribution in [0.1, 0.15) is 23.7 Å². The van der Waals surface area contributed by atoms with E-state index < -0.39 is 81.4 Å². The maximum Gasteiger partial charge on any atom is 0.420 e. The minimum atomic E-state index is -4.97. The molecule has 57 heavy (non-hydrogen) atoms. The van der Waals surface area contributed by atoms with Crippen molar-refractivity contribution >= 4 is 38.6 Å². The number of carbonyl (C=O) groups excluding carboxylic acids is 1. The van der Waals surface area contributed by atoms with Crippen molar-refractivity contribution in [2.75, 3.05) is 48.7 Å². The van der Waals surface area contributed by atoms with Gasteiger partial charge in [-0.1, -0.05) is 16.8 Å². The Morgan fingerprint density at radius 2 is 1.82 bits per heavy atom. The highest BCUT2D eigenvalue weighted by molar-refractivity contribution is 7.92. The van der Waals surface area contributed by atoms with Crippen LogP contribution >= 0.6 is 0 Å².